The first-order valence-corrected chi connectivity index (χ1v) is 11.3. The number of aromatic nitrogens is 4. The molecule has 5 aromatic rings. The molecule has 0 atom stereocenters. The second kappa shape index (κ2) is 7.46. The molecule has 5 aromatic heterocycles. The van der Waals surface area contributed by atoms with Gasteiger partial charge in [-0.15, -0.1) is 22.7 Å². The van der Waals surface area contributed by atoms with Crippen molar-refractivity contribution in [1.82, 2.24) is 19.9 Å². The Morgan fingerprint density at radius 3 is 2.83 bits per heavy atom. The van der Waals surface area contributed by atoms with Crippen LogP contribution in [0.2, 0.25) is 5.15 Å². The van der Waals surface area contributed by atoms with Gasteiger partial charge in [0.25, 0.3) is 5.56 Å². The van der Waals surface area contributed by atoms with Gasteiger partial charge in [-0.25, -0.2) is 15.0 Å². The summed E-state index contributed by atoms with van der Waals surface area (Å²) in [5.74, 6) is 1.03. The van der Waals surface area contributed by atoms with E-state index in [1.807, 2.05) is 30.5 Å². The number of fused-ring (bicyclic) bond motifs is 3. The molecule has 0 aliphatic heterocycles. The van der Waals surface area contributed by atoms with Crippen LogP contribution in [0.5, 0.6) is 5.88 Å². The highest BCUT2D eigenvalue weighted by Gasteiger charge is 2.19. The molecule has 0 saturated heterocycles. The molecule has 5 rings (SSSR count). The molecule has 0 aliphatic rings. The third-order valence-corrected chi connectivity index (χ3v) is 6.73. The quantitative estimate of drug-likeness (QED) is 0.353. The molecule has 1 N–H and O–H groups in total. The monoisotopic (exact) mass is 454 g/mol. The Labute approximate surface area is 184 Å². The van der Waals surface area contributed by atoms with Crippen molar-refractivity contribution in [1.29, 1.82) is 0 Å². The van der Waals surface area contributed by atoms with Gasteiger partial charge in [-0.05, 0) is 37.4 Å². The van der Waals surface area contributed by atoms with E-state index in [0.717, 1.165) is 31.9 Å². The molecule has 0 bridgehead atoms. The number of H-pyrrole nitrogens is 1. The average Bonchev–Trinajstić information content (AvgIpc) is 3.35. The van der Waals surface area contributed by atoms with Gasteiger partial charge in [-0.1, -0.05) is 17.7 Å². The van der Waals surface area contributed by atoms with Crippen LogP contribution in [0, 0.1) is 6.92 Å². The number of ether oxygens (including phenoxy) is 1. The molecule has 150 valence electrons. The summed E-state index contributed by atoms with van der Waals surface area (Å²) < 4.78 is 6.11. The van der Waals surface area contributed by atoms with Crippen LogP contribution in [0.1, 0.15) is 12.7 Å². The first-order chi connectivity index (χ1) is 14.5. The van der Waals surface area contributed by atoms with Crippen molar-refractivity contribution in [2.24, 2.45) is 0 Å². The molecular formula is C21H15ClN4O2S2. The lowest BCUT2D eigenvalue weighted by molar-refractivity contribution is 0.327. The topological polar surface area (TPSA) is 80.8 Å². The van der Waals surface area contributed by atoms with Crippen LogP contribution in [-0.4, -0.2) is 26.5 Å². The fourth-order valence-electron chi connectivity index (χ4n) is 3.38. The zero-order valence-corrected chi connectivity index (χ0v) is 18.4. The average molecular weight is 455 g/mol. The van der Waals surface area contributed by atoms with Gasteiger partial charge in [0, 0.05) is 27.5 Å². The van der Waals surface area contributed by atoms with Crippen LogP contribution in [0.3, 0.4) is 0 Å². The van der Waals surface area contributed by atoms with Gasteiger partial charge in [-0.3, -0.25) is 4.79 Å². The number of rotatable bonds is 4. The van der Waals surface area contributed by atoms with Gasteiger partial charge in [0.15, 0.2) is 0 Å². The highest BCUT2D eigenvalue weighted by Crippen LogP contribution is 2.41. The number of nitrogens with zero attached hydrogens (tertiary/aromatic N) is 3. The number of aromatic amines is 1. The van der Waals surface area contributed by atoms with Crippen LogP contribution in [-0.2, 0) is 0 Å². The second-order valence-electron chi connectivity index (χ2n) is 6.59. The predicted octanol–water partition coefficient (Wildman–Crippen LogP) is 5.68. The maximum absolute atomic E-state index is 12.5. The molecule has 0 unspecified atom stereocenters. The van der Waals surface area contributed by atoms with E-state index < -0.39 is 0 Å². The van der Waals surface area contributed by atoms with E-state index >= 15 is 0 Å². The molecule has 0 aliphatic carbocycles. The Morgan fingerprint density at radius 1 is 1.20 bits per heavy atom. The van der Waals surface area contributed by atoms with Crippen LogP contribution < -0.4 is 10.3 Å². The summed E-state index contributed by atoms with van der Waals surface area (Å²) in [4.78, 5) is 30.8. The summed E-state index contributed by atoms with van der Waals surface area (Å²) >= 11 is 9.20. The van der Waals surface area contributed by atoms with Crippen molar-refractivity contribution in [3.05, 3.63) is 57.0 Å². The van der Waals surface area contributed by atoms with Gasteiger partial charge in [-0.2, -0.15) is 0 Å². The van der Waals surface area contributed by atoms with Crippen LogP contribution >= 0.6 is 34.3 Å². The Hall–Kier alpha value is -2.81. The molecule has 0 spiro atoms. The molecule has 6 nitrogen and oxygen atoms in total. The molecule has 0 saturated carbocycles. The number of hydrogen-bond donors (Lipinski definition) is 1. The molecule has 0 aromatic carbocycles. The number of thiophene rings is 2. The van der Waals surface area contributed by atoms with E-state index in [9.17, 15) is 4.79 Å². The minimum Gasteiger partial charge on any atom is -0.478 e. The van der Waals surface area contributed by atoms with Crippen molar-refractivity contribution in [2.75, 3.05) is 6.61 Å². The van der Waals surface area contributed by atoms with Crippen LogP contribution in [0.4, 0.5) is 0 Å². The minimum absolute atomic E-state index is 0.148. The molecule has 9 heteroatoms. The maximum atomic E-state index is 12.5. The summed E-state index contributed by atoms with van der Waals surface area (Å²) in [5, 5.41) is 3.25. The van der Waals surface area contributed by atoms with Crippen molar-refractivity contribution < 1.29 is 4.74 Å². The van der Waals surface area contributed by atoms with Gasteiger partial charge < -0.3 is 9.72 Å². The number of nitrogens with one attached hydrogen (secondary N) is 1. The molecule has 0 amide bonds. The Morgan fingerprint density at radius 2 is 2.07 bits per heavy atom. The van der Waals surface area contributed by atoms with Crippen molar-refractivity contribution in [3.63, 3.8) is 0 Å². The first-order valence-electron chi connectivity index (χ1n) is 9.22. The largest absolute Gasteiger partial charge is 0.478 e. The third kappa shape index (κ3) is 3.27. The lowest BCUT2D eigenvalue weighted by Gasteiger charge is -2.09. The summed E-state index contributed by atoms with van der Waals surface area (Å²) in [5.41, 5.74) is 3.05. The lowest BCUT2D eigenvalue weighted by Crippen LogP contribution is -2.07. The first kappa shape index (κ1) is 19.2. The highest BCUT2D eigenvalue weighted by molar-refractivity contribution is 7.25. The normalized spacial score (nSPS) is 11.4. The summed E-state index contributed by atoms with van der Waals surface area (Å²) in [6.45, 7) is 4.17. The fourth-order valence-corrected chi connectivity index (χ4v) is 5.36. The third-order valence-electron chi connectivity index (χ3n) is 4.56. The van der Waals surface area contributed by atoms with E-state index in [1.54, 1.807) is 24.3 Å². The Kier molecular flexibility index (Phi) is 4.77. The zero-order chi connectivity index (χ0) is 20.8. The summed E-state index contributed by atoms with van der Waals surface area (Å²) in [7, 11) is 0. The molecule has 5 heterocycles. The molecule has 0 radical (unpaired) electrons. The summed E-state index contributed by atoms with van der Waals surface area (Å²) in [6.07, 6.45) is 0. The Balaban J connectivity index is 1.85. The standard InChI is InChI=1S/C21H15ClN4O2S2/c1-3-28-16-8-11(7-15(22)26-16)13-9-12(14-5-4-6-29-14)17-18-19(30-21(17)25-13)20(27)24-10(2)23-18/h4-9H,3H2,1-2H3,(H,23,24,27). The lowest BCUT2D eigenvalue weighted by atomic mass is 10.1. The van der Waals surface area contributed by atoms with Crippen molar-refractivity contribution in [2.45, 2.75) is 13.8 Å². The van der Waals surface area contributed by atoms with Gasteiger partial charge >= 0.3 is 0 Å². The molecule has 30 heavy (non-hydrogen) atoms. The van der Waals surface area contributed by atoms with Gasteiger partial charge in [0.2, 0.25) is 5.88 Å². The second-order valence-corrected chi connectivity index (χ2v) is 8.93. The summed E-state index contributed by atoms with van der Waals surface area (Å²) in [6, 6.07) is 9.66. The van der Waals surface area contributed by atoms with Crippen LogP contribution in [0.25, 0.3) is 42.1 Å². The number of pyridine rings is 2. The zero-order valence-electron chi connectivity index (χ0n) is 16.0. The van der Waals surface area contributed by atoms with Gasteiger partial charge in [0.05, 0.1) is 17.8 Å². The predicted molar refractivity (Wildman–Crippen MR) is 123 cm³/mol. The van der Waals surface area contributed by atoms with Crippen LogP contribution in [0.15, 0.2) is 40.5 Å². The SMILES string of the molecule is CCOc1cc(-c2cc(-c3cccs3)c3c(n2)sc2c(=O)[nH]c(C)nc23)cc(Cl)n1. The van der Waals surface area contributed by atoms with E-state index in [4.69, 9.17) is 21.3 Å². The highest BCUT2D eigenvalue weighted by atomic mass is 35.5. The maximum Gasteiger partial charge on any atom is 0.268 e. The molecule has 0 fully saturated rings. The Bertz CT molecular complexity index is 1460. The smallest absolute Gasteiger partial charge is 0.268 e. The van der Waals surface area contributed by atoms with E-state index in [0.29, 0.717) is 33.7 Å². The van der Waals surface area contributed by atoms with Crippen molar-refractivity contribution >= 4 is 54.7 Å². The number of hydrogen-bond acceptors (Lipinski definition) is 7. The van der Waals surface area contributed by atoms with E-state index in [-0.39, 0.29) is 5.56 Å². The van der Waals surface area contributed by atoms with Gasteiger partial charge in [0.1, 0.15) is 20.5 Å². The fraction of sp³-hybridized carbons (Fsp3) is 0.143. The molecular weight excluding hydrogens is 440 g/mol. The van der Waals surface area contributed by atoms with E-state index in [1.165, 1.54) is 11.3 Å². The number of halogens is 1. The number of aryl methyl sites for hydroxylation is 1. The minimum atomic E-state index is -0.148. The van der Waals surface area contributed by atoms with E-state index in [2.05, 4.69) is 21.0 Å². The van der Waals surface area contributed by atoms with Crippen molar-refractivity contribution in [3.8, 4) is 27.6 Å².